The number of benzene rings is 1. The zero-order chi connectivity index (χ0) is 16.9. The van der Waals surface area contributed by atoms with Gasteiger partial charge in [-0.1, -0.05) is 30.3 Å². The fraction of sp³-hybridized carbons (Fsp3) is 0.556. The Morgan fingerprint density at radius 3 is 2.46 bits per heavy atom. The maximum absolute atomic E-state index is 12.3. The summed E-state index contributed by atoms with van der Waals surface area (Å²) in [5, 5.41) is 12.5. The van der Waals surface area contributed by atoms with Crippen LogP contribution in [0.3, 0.4) is 0 Å². The number of amides is 2. The van der Waals surface area contributed by atoms with Crippen LogP contribution in [-0.4, -0.2) is 47.3 Å². The number of carboxylic acid groups (broad SMARTS) is 1. The average Bonchev–Trinajstić information content (AvgIpc) is 2.54. The number of rotatable bonds is 5. The van der Waals surface area contributed by atoms with Crippen molar-refractivity contribution in [3.05, 3.63) is 35.9 Å². The van der Waals surface area contributed by atoms with E-state index in [-0.39, 0.29) is 23.9 Å². The van der Waals surface area contributed by atoms with Crippen LogP contribution in [0.5, 0.6) is 0 Å². The smallest absolute Gasteiger partial charge is 0.407 e. The van der Waals surface area contributed by atoms with Crippen molar-refractivity contribution in [2.75, 3.05) is 13.2 Å². The lowest BCUT2D eigenvalue weighted by molar-refractivity contribution is -0.131. The van der Waals surface area contributed by atoms with Gasteiger partial charge >= 0.3 is 6.09 Å². The molecule has 0 spiro atoms. The molecule has 3 rings (SSSR count). The van der Waals surface area contributed by atoms with Crippen molar-refractivity contribution in [2.24, 2.45) is 5.92 Å². The molecule has 1 aliphatic carbocycles. The van der Waals surface area contributed by atoms with Gasteiger partial charge in [0.2, 0.25) is 5.91 Å². The standard InChI is InChI=1S/C18H24N2O4/c21-17(19-15-6-8-24-9-7-15)14-10-16(11-14)20(18(22)23)12-13-4-2-1-3-5-13/h1-5,14-16H,6-12H2,(H,19,21)(H,22,23). The number of carbonyl (C=O) groups excluding carboxylic acids is 1. The average molecular weight is 332 g/mol. The zero-order valence-electron chi connectivity index (χ0n) is 13.7. The molecule has 1 saturated carbocycles. The van der Waals surface area contributed by atoms with Crippen LogP contribution >= 0.6 is 0 Å². The molecule has 1 saturated heterocycles. The molecule has 2 amide bonds. The van der Waals surface area contributed by atoms with Crippen molar-refractivity contribution < 1.29 is 19.4 Å². The van der Waals surface area contributed by atoms with Crippen molar-refractivity contribution in [3.8, 4) is 0 Å². The van der Waals surface area contributed by atoms with Crippen LogP contribution in [0, 0.1) is 5.92 Å². The van der Waals surface area contributed by atoms with E-state index in [0.717, 1.165) is 18.4 Å². The summed E-state index contributed by atoms with van der Waals surface area (Å²) in [6.45, 7) is 1.76. The van der Waals surface area contributed by atoms with Gasteiger partial charge in [0.15, 0.2) is 0 Å². The number of nitrogens with zero attached hydrogens (tertiary/aromatic N) is 1. The van der Waals surface area contributed by atoms with E-state index in [2.05, 4.69) is 5.32 Å². The van der Waals surface area contributed by atoms with Gasteiger partial charge in [0, 0.05) is 37.8 Å². The molecule has 130 valence electrons. The monoisotopic (exact) mass is 332 g/mol. The van der Waals surface area contributed by atoms with E-state index in [0.29, 0.717) is 32.6 Å². The summed E-state index contributed by atoms with van der Waals surface area (Å²) >= 11 is 0. The Hall–Kier alpha value is -2.08. The van der Waals surface area contributed by atoms with Gasteiger partial charge in [-0.3, -0.25) is 4.79 Å². The number of carbonyl (C=O) groups is 2. The van der Waals surface area contributed by atoms with Gasteiger partial charge in [-0.2, -0.15) is 0 Å². The van der Waals surface area contributed by atoms with E-state index in [1.165, 1.54) is 4.90 Å². The molecule has 6 heteroatoms. The number of nitrogens with one attached hydrogen (secondary N) is 1. The van der Waals surface area contributed by atoms with Gasteiger partial charge in [0.05, 0.1) is 0 Å². The third-order valence-electron chi connectivity index (χ3n) is 4.93. The molecule has 0 unspecified atom stereocenters. The van der Waals surface area contributed by atoms with Crippen molar-refractivity contribution in [1.29, 1.82) is 0 Å². The minimum atomic E-state index is -0.924. The van der Waals surface area contributed by atoms with E-state index < -0.39 is 6.09 Å². The van der Waals surface area contributed by atoms with Crippen molar-refractivity contribution in [2.45, 2.75) is 44.3 Å². The number of hydrogen-bond acceptors (Lipinski definition) is 3. The molecule has 0 atom stereocenters. The first-order valence-corrected chi connectivity index (χ1v) is 8.55. The molecule has 1 aromatic rings. The van der Waals surface area contributed by atoms with Crippen molar-refractivity contribution in [1.82, 2.24) is 10.2 Å². The van der Waals surface area contributed by atoms with Crippen LogP contribution in [0.15, 0.2) is 30.3 Å². The predicted octanol–water partition coefficient (Wildman–Crippen LogP) is 2.24. The van der Waals surface area contributed by atoms with E-state index in [9.17, 15) is 14.7 Å². The van der Waals surface area contributed by atoms with Gasteiger partial charge in [-0.25, -0.2) is 4.79 Å². The van der Waals surface area contributed by atoms with Crippen molar-refractivity contribution in [3.63, 3.8) is 0 Å². The Morgan fingerprint density at radius 2 is 1.83 bits per heavy atom. The Labute approximate surface area is 141 Å². The number of ether oxygens (including phenoxy) is 1. The molecule has 2 aliphatic rings. The van der Waals surface area contributed by atoms with Gasteiger partial charge in [-0.05, 0) is 31.2 Å². The molecule has 1 heterocycles. The highest BCUT2D eigenvalue weighted by atomic mass is 16.5. The highest BCUT2D eigenvalue weighted by molar-refractivity contribution is 5.80. The molecule has 0 radical (unpaired) electrons. The second kappa shape index (κ2) is 7.66. The van der Waals surface area contributed by atoms with Gasteiger partial charge in [-0.15, -0.1) is 0 Å². The summed E-state index contributed by atoms with van der Waals surface area (Å²) in [5.74, 6) is -0.0151. The predicted molar refractivity (Wildman–Crippen MR) is 88.5 cm³/mol. The largest absolute Gasteiger partial charge is 0.465 e. The lowest BCUT2D eigenvalue weighted by Crippen LogP contribution is -2.52. The fourth-order valence-corrected chi connectivity index (χ4v) is 3.35. The summed E-state index contributed by atoms with van der Waals surface area (Å²) in [5.41, 5.74) is 0.968. The quantitative estimate of drug-likeness (QED) is 0.867. The third-order valence-corrected chi connectivity index (χ3v) is 4.93. The second-order valence-corrected chi connectivity index (χ2v) is 6.61. The first-order chi connectivity index (χ1) is 11.6. The maximum atomic E-state index is 12.3. The fourth-order valence-electron chi connectivity index (χ4n) is 3.35. The molecule has 2 N–H and O–H groups in total. The van der Waals surface area contributed by atoms with Crippen LogP contribution in [0.4, 0.5) is 4.79 Å². The summed E-state index contributed by atoms with van der Waals surface area (Å²) in [6, 6.07) is 9.68. The molecule has 6 nitrogen and oxygen atoms in total. The Morgan fingerprint density at radius 1 is 1.17 bits per heavy atom. The van der Waals surface area contributed by atoms with Crippen LogP contribution in [0.1, 0.15) is 31.2 Å². The Balaban J connectivity index is 1.49. The highest BCUT2D eigenvalue weighted by Crippen LogP contribution is 2.33. The van der Waals surface area contributed by atoms with Gasteiger partial charge in [0.1, 0.15) is 0 Å². The molecular formula is C18H24N2O4. The molecule has 1 aromatic carbocycles. The minimum absolute atomic E-state index is 0.0585. The summed E-state index contributed by atoms with van der Waals surface area (Å²) in [7, 11) is 0. The van der Waals surface area contributed by atoms with Gasteiger partial charge in [0.25, 0.3) is 0 Å². The molecule has 1 aliphatic heterocycles. The van der Waals surface area contributed by atoms with E-state index in [4.69, 9.17) is 4.74 Å². The Bertz CT molecular complexity index is 566. The van der Waals surface area contributed by atoms with Gasteiger partial charge < -0.3 is 20.1 Å². The van der Waals surface area contributed by atoms with Crippen LogP contribution in [-0.2, 0) is 16.1 Å². The Kier molecular flexibility index (Phi) is 5.35. The second-order valence-electron chi connectivity index (χ2n) is 6.61. The lowest BCUT2D eigenvalue weighted by atomic mass is 9.78. The summed E-state index contributed by atoms with van der Waals surface area (Å²) < 4.78 is 5.29. The third kappa shape index (κ3) is 4.06. The van der Waals surface area contributed by atoms with Crippen LogP contribution < -0.4 is 5.32 Å². The first kappa shape index (κ1) is 16.8. The topological polar surface area (TPSA) is 78.9 Å². The first-order valence-electron chi connectivity index (χ1n) is 8.55. The molecule has 2 fully saturated rings. The summed E-state index contributed by atoms with van der Waals surface area (Å²) in [4.78, 5) is 25.3. The molecule has 0 bridgehead atoms. The molecular weight excluding hydrogens is 308 g/mol. The van der Waals surface area contributed by atoms with E-state index in [1.807, 2.05) is 30.3 Å². The zero-order valence-corrected chi connectivity index (χ0v) is 13.7. The molecule has 24 heavy (non-hydrogen) atoms. The van der Waals surface area contributed by atoms with E-state index >= 15 is 0 Å². The maximum Gasteiger partial charge on any atom is 0.407 e. The summed E-state index contributed by atoms with van der Waals surface area (Å²) in [6.07, 6.45) is 2.00. The lowest BCUT2D eigenvalue weighted by Gasteiger charge is -2.41. The van der Waals surface area contributed by atoms with Crippen LogP contribution in [0.25, 0.3) is 0 Å². The van der Waals surface area contributed by atoms with E-state index in [1.54, 1.807) is 0 Å². The molecule has 0 aromatic heterocycles. The van der Waals surface area contributed by atoms with Crippen molar-refractivity contribution >= 4 is 12.0 Å². The SMILES string of the molecule is O=C(NC1CCOCC1)C1CC(N(Cc2ccccc2)C(=O)O)C1. The normalized spacial score (nSPS) is 24.0. The van der Waals surface area contributed by atoms with Crippen LogP contribution in [0.2, 0.25) is 0 Å². The highest BCUT2D eigenvalue weighted by Gasteiger charge is 2.40. The number of hydrogen-bond donors (Lipinski definition) is 2. The minimum Gasteiger partial charge on any atom is -0.465 e.